The van der Waals surface area contributed by atoms with Gasteiger partial charge in [0.25, 0.3) is 0 Å². The Morgan fingerprint density at radius 1 is 1.29 bits per heavy atom. The van der Waals surface area contributed by atoms with Crippen LogP contribution in [0.4, 0.5) is 4.79 Å². The van der Waals surface area contributed by atoms with Crippen molar-refractivity contribution in [2.24, 2.45) is 0 Å². The van der Waals surface area contributed by atoms with Crippen molar-refractivity contribution >= 4 is 6.09 Å². The Hall–Kier alpha value is -1.65. The van der Waals surface area contributed by atoms with Crippen LogP contribution in [0.25, 0.3) is 0 Å². The molecule has 0 unspecified atom stereocenters. The summed E-state index contributed by atoms with van der Waals surface area (Å²) in [6.45, 7) is 0.805. The number of aromatic nitrogens is 2. The molecule has 0 aromatic carbocycles. The Kier molecular flexibility index (Phi) is 2.46. The molecule has 2 fully saturated rings. The number of carbonyl (C=O) groups is 1. The van der Waals surface area contributed by atoms with Gasteiger partial charge in [0.1, 0.15) is 0 Å². The smallest absolute Gasteiger partial charge is 0.389 e. The maximum atomic E-state index is 12.1. The van der Waals surface area contributed by atoms with Gasteiger partial charge in [0.2, 0.25) is 5.88 Å². The summed E-state index contributed by atoms with van der Waals surface area (Å²) < 4.78 is 5.24. The number of carbonyl (C=O) groups excluding carboxylic acids is 1. The van der Waals surface area contributed by atoms with Crippen LogP contribution in [0.3, 0.4) is 0 Å². The number of hydrogen-bond acceptors (Lipinski definition) is 4. The molecule has 2 aliphatic rings. The zero-order valence-corrected chi connectivity index (χ0v) is 9.63. The van der Waals surface area contributed by atoms with Crippen LogP contribution in [0.2, 0.25) is 0 Å². The van der Waals surface area contributed by atoms with Crippen LogP contribution in [0.5, 0.6) is 5.88 Å². The maximum Gasteiger partial charge on any atom is 0.417 e. The minimum atomic E-state index is -0.275. The molecule has 5 nitrogen and oxygen atoms in total. The van der Waals surface area contributed by atoms with Crippen LogP contribution >= 0.6 is 0 Å². The van der Waals surface area contributed by atoms with Crippen LogP contribution in [-0.4, -0.2) is 33.0 Å². The number of nitrogens with zero attached hydrogens (tertiary/aromatic N) is 3. The van der Waals surface area contributed by atoms with E-state index in [2.05, 4.69) is 9.97 Å². The molecule has 1 aliphatic heterocycles. The molecule has 17 heavy (non-hydrogen) atoms. The molecule has 0 bridgehead atoms. The van der Waals surface area contributed by atoms with E-state index in [0.717, 1.165) is 32.2 Å². The van der Waals surface area contributed by atoms with Gasteiger partial charge >= 0.3 is 6.09 Å². The fraction of sp³-hybridized carbons (Fsp3) is 0.583. The molecule has 0 radical (unpaired) electrons. The summed E-state index contributed by atoms with van der Waals surface area (Å²) in [6.07, 6.45) is 9.89. The molecule has 90 valence electrons. The highest BCUT2D eigenvalue weighted by Gasteiger charge is 2.51. The second-order valence-corrected chi connectivity index (χ2v) is 4.74. The number of amides is 1. The second-order valence-electron chi connectivity index (χ2n) is 4.74. The third kappa shape index (κ3) is 1.97. The lowest BCUT2D eigenvalue weighted by atomic mass is 10.0. The van der Waals surface area contributed by atoms with E-state index in [1.165, 1.54) is 18.8 Å². The first kappa shape index (κ1) is 10.5. The van der Waals surface area contributed by atoms with Gasteiger partial charge in [0, 0.05) is 24.5 Å². The van der Waals surface area contributed by atoms with Gasteiger partial charge < -0.3 is 9.64 Å². The number of ether oxygens (including phenoxy) is 1. The van der Waals surface area contributed by atoms with Crippen LogP contribution in [0, 0.1) is 0 Å². The lowest BCUT2D eigenvalue weighted by Crippen LogP contribution is -2.47. The summed E-state index contributed by atoms with van der Waals surface area (Å²) in [4.78, 5) is 21.8. The Bertz CT molecular complexity index is 417. The van der Waals surface area contributed by atoms with Crippen molar-refractivity contribution in [1.82, 2.24) is 14.9 Å². The number of piperidine rings is 1. The first-order chi connectivity index (χ1) is 8.30. The predicted octanol–water partition coefficient (Wildman–Crippen LogP) is 1.99. The lowest BCUT2D eigenvalue weighted by molar-refractivity contribution is 0.102. The molecule has 1 aliphatic carbocycles. The van der Waals surface area contributed by atoms with Crippen molar-refractivity contribution in [1.29, 1.82) is 0 Å². The minimum Gasteiger partial charge on any atom is -0.389 e. The van der Waals surface area contributed by atoms with Crippen molar-refractivity contribution in [2.45, 2.75) is 37.6 Å². The monoisotopic (exact) mass is 233 g/mol. The number of hydrogen-bond donors (Lipinski definition) is 0. The maximum absolute atomic E-state index is 12.1. The van der Waals surface area contributed by atoms with Gasteiger partial charge in [-0.2, -0.15) is 0 Å². The third-order valence-corrected chi connectivity index (χ3v) is 3.63. The van der Waals surface area contributed by atoms with Crippen LogP contribution < -0.4 is 4.74 Å². The molecule has 1 amide bonds. The Morgan fingerprint density at radius 2 is 2.18 bits per heavy atom. The molecule has 1 spiro atoms. The fourth-order valence-electron chi connectivity index (χ4n) is 2.53. The van der Waals surface area contributed by atoms with Gasteiger partial charge in [0.05, 0.1) is 6.20 Å². The molecule has 5 heteroatoms. The van der Waals surface area contributed by atoms with E-state index >= 15 is 0 Å². The van der Waals surface area contributed by atoms with Gasteiger partial charge in [-0.15, -0.1) is 0 Å². The molecule has 3 rings (SSSR count). The van der Waals surface area contributed by atoms with E-state index in [0.29, 0.717) is 0 Å². The summed E-state index contributed by atoms with van der Waals surface area (Å²) in [5.74, 6) is 0.277. The van der Waals surface area contributed by atoms with E-state index in [1.807, 2.05) is 4.90 Å². The average molecular weight is 233 g/mol. The van der Waals surface area contributed by atoms with E-state index < -0.39 is 0 Å². The Morgan fingerprint density at radius 3 is 2.88 bits per heavy atom. The lowest BCUT2D eigenvalue weighted by Gasteiger charge is -2.34. The Labute approximate surface area is 99.8 Å². The summed E-state index contributed by atoms with van der Waals surface area (Å²) in [5.41, 5.74) is 0.109. The first-order valence-corrected chi connectivity index (χ1v) is 6.06. The summed E-state index contributed by atoms with van der Waals surface area (Å²) in [7, 11) is 0. The first-order valence-electron chi connectivity index (χ1n) is 6.06. The van der Waals surface area contributed by atoms with Crippen molar-refractivity contribution in [3.05, 3.63) is 18.6 Å². The summed E-state index contributed by atoms with van der Waals surface area (Å²) in [6, 6.07) is 0. The molecule has 0 N–H and O–H groups in total. The predicted molar refractivity (Wildman–Crippen MR) is 60.6 cm³/mol. The van der Waals surface area contributed by atoms with Gasteiger partial charge in [-0.1, -0.05) is 0 Å². The molecule has 1 aromatic heterocycles. The number of likely N-dealkylation sites (tertiary alicyclic amines) is 1. The highest BCUT2D eigenvalue weighted by atomic mass is 16.6. The normalized spacial score (nSPS) is 21.3. The van der Waals surface area contributed by atoms with Crippen LogP contribution in [-0.2, 0) is 0 Å². The quantitative estimate of drug-likeness (QED) is 0.744. The number of rotatable bonds is 1. The molecule has 2 heterocycles. The molecule has 0 atom stereocenters. The molecular weight excluding hydrogens is 218 g/mol. The molecular formula is C12H15N3O2. The minimum absolute atomic E-state index is 0.109. The van der Waals surface area contributed by atoms with Crippen molar-refractivity contribution < 1.29 is 9.53 Å². The average Bonchev–Trinajstić information content (AvgIpc) is 3.11. The zero-order valence-electron chi connectivity index (χ0n) is 9.63. The fourth-order valence-corrected chi connectivity index (χ4v) is 2.53. The SMILES string of the molecule is O=C(Oc1cnccn1)N1CCCCC12CC2. The van der Waals surface area contributed by atoms with Crippen molar-refractivity contribution in [3.8, 4) is 5.88 Å². The van der Waals surface area contributed by atoms with Gasteiger partial charge in [-0.05, 0) is 32.1 Å². The van der Waals surface area contributed by atoms with Gasteiger partial charge in [-0.25, -0.2) is 9.78 Å². The Balaban J connectivity index is 1.70. The molecule has 1 saturated carbocycles. The van der Waals surface area contributed by atoms with Crippen LogP contribution in [0.1, 0.15) is 32.1 Å². The summed E-state index contributed by atoms with van der Waals surface area (Å²) >= 11 is 0. The van der Waals surface area contributed by atoms with E-state index in [4.69, 9.17) is 4.74 Å². The van der Waals surface area contributed by atoms with Crippen LogP contribution in [0.15, 0.2) is 18.6 Å². The largest absolute Gasteiger partial charge is 0.417 e. The topological polar surface area (TPSA) is 55.3 Å². The molecule has 1 saturated heterocycles. The van der Waals surface area contributed by atoms with E-state index in [-0.39, 0.29) is 17.5 Å². The molecule has 1 aromatic rings. The highest BCUT2D eigenvalue weighted by Crippen LogP contribution is 2.48. The third-order valence-electron chi connectivity index (χ3n) is 3.63. The van der Waals surface area contributed by atoms with Gasteiger partial charge in [-0.3, -0.25) is 4.98 Å². The van der Waals surface area contributed by atoms with E-state index in [1.54, 1.807) is 6.20 Å². The highest BCUT2D eigenvalue weighted by molar-refractivity contribution is 5.71. The second kappa shape index (κ2) is 3.98. The van der Waals surface area contributed by atoms with E-state index in [9.17, 15) is 4.79 Å². The van der Waals surface area contributed by atoms with Crippen molar-refractivity contribution in [2.75, 3.05) is 6.54 Å². The van der Waals surface area contributed by atoms with Crippen molar-refractivity contribution in [3.63, 3.8) is 0 Å². The zero-order chi connectivity index (χ0) is 11.7. The van der Waals surface area contributed by atoms with Gasteiger partial charge in [0.15, 0.2) is 0 Å². The summed E-state index contributed by atoms with van der Waals surface area (Å²) in [5, 5.41) is 0. The standard InChI is InChI=1S/C12H15N3O2/c16-11(17-10-9-13-6-7-14-10)15-8-2-1-3-12(15)4-5-12/h6-7,9H,1-5,8H2.